The first-order valence-corrected chi connectivity index (χ1v) is 13.3. The minimum atomic E-state index is -0.103. The van der Waals surface area contributed by atoms with Crippen LogP contribution in [0.5, 0.6) is 11.5 Å². The second-order valence-electron chi connectivity index (χ2n) is 9.81. The molecular formula is C32H35FN2O2. The third kappa shape index (κ3) is 5.76. The van der Waals surface area contributed by atoms with Crippen LogP contribution < -0.4 is 9.47 Å². The van der Waals surface area contributed by atoms with E-state index >= 15 is 4.39 Å². The van der Waals surface area contributed by atoms with E-state index in [1.807, 2.05) is 18.2 Å². The molecule has 5 rings (SSSR count). The first-order valence-electron chi connectivity index (χ1n) is 13.3. The Morgan fingerprint density at radius 2 is 1.11 bits per heavy atom. The Hall–Kier alpha value is -3.47. The van der Waals surface area contributed by atoms with Crippen LogP contribution in [0, 0.1) is 5.82 Å². The molecule has 0 N–H and O–H groups in total. The van der Waals surface area contributed by atoms with Gasteiger partial charge < -0.3 is 9.47 Å². The van der Waals surface area contributed by atoms with Gasteiger partial charge in [0.15, 0.2) is 0 Å². The summed E-state index contributed by atoms with van der Waals surface area (Å²) in [5.74, 6) is 1.60. The summed E-state index contributed by atoms with van der Waals surface area (Å²) >= 11 is 0. The number of methoxy groups -OCH3 is 2. The third-order valence-corrected chi connectivity index (χ3v) is 7.48. The SMILES string of the molecule is COc1cc(C2=NCCC2)ccc1CCc1cccc(CCc2ccc(C3=NCCC3)cc2OC)c1F. The van der Waals surface area contributed by atoms with E-state index in [0.29, 0.717) is 12.8 Å². The predicted octanol–water partition coefficient (Wildman–Crippen LogP) is 6.58. The van der Waals surface area contributed by atoms with Crippen molar-refractivity contribution in [3.63, 3.8) is 0 Å². The molecule has 0 atom stereocenters. The Morgan fingerprint density at radius 3 is 1.51 bits per heavy atom. The fourth-order valence-corrected chi connectivity index (χ4v) is 5.37. The van der Waals surface area contributed by atoms with Crippen LogP contribution >= 0.6 is 0 Å². The van der Waals surface area contributed by atoms with Gasteiger partial charge in [0.2, 0.25) is 0 Å². The molecule has 2 aliphatic rings. The molecule has 3 aromatic rings. The van der Waals surface area contributed by atoms with E-state index in [2.05, 4.69) is 46.4 Å². The molecule has 0 spiro atoms. The fourth-order valence-electron chi connectivity index (χ4n) is 5.37. The van der Waals surface area contributed by atoms with Gasteiger partial charge in [0.25, 0.3) is 0 Å². The molecule has 2 aliphatic heterocycles. The maximum Gasteiger partial charge on any atom is 0.129 e. The maximum absolute atomic E-state index is 15.5. The molecule has 4 nitrogen and oxygen atoms in total. The molecule has 0 aromatic heterocycles. The van der Waals surface area contributed by atoms with E-state index in [1.54, 1.807) is 14.2 Å². The Morgan fingerprint density at radius 1 is 0.649 bits per heavy atom. The highest BCUT2D eigenvalue weighted by molar-refractivity contribution is 6.02. The highest BCUT2D eigenvalue weighted by Gasteiger charge is 2.15. The molecular weight excluding hydrogens is 463 g/mol. The van der Waals surface area contributed by atoms with Crippen LogP contribution in [-0.2, 0) is 25.7 Å². The van der Waals surface area contributed by atoms with Gasteiger partial charge in [-0.25, -0.2) is 4.39 Å². The number of benzene rings is 3. The van der Waals surface area contributed by atoms with Crippen molar-refractivity contribution >= 4 is 11.4 Å². The van der Waals surface area contributed by atoms with Crippen LogP contribution in [0.4, 0.5) is 4.39 Å². The lowest BCUT2D eigenvalue weighted by molar-refractivity contribution is 0.409. The molecule has 0 amide bonds. The van der Waals surface area contributed by atoms with Gasteiger partial charge in [-0.3, -0.25) is 9.98 Å². The molecule has 0 aliphatic carbocycles. The summed E-state index contributed by atoms with van der Waals surface area (Å²) in [6.07, 6.45) is 6.95. The Balaban J connectivity index is 1.26. The molecule has 0 saturated heterocycles. The van der Waals surface area contributed by atoms with E-state index in [9.17, 15) is 0 Å². The van der Waals surface area contributed by atoms with Crippen molar-refractivity contribution in [2.45, 2.75) is 51.4 Å². The zero-order chi connectivity index (χ0) is 25.6. The molecule has 192 valence electrons. The summed E-state index contributed by atoms with van der Waals surface area (Å²) in [4.78, 5) is 9.19. The third-order valence-electron chi connectivity index (χ3n) is 7.48. The standard InChI is InChI=1S/C32H35FN2O2/c1-36-30-20-26(28-8-4-18-34-28)16-12-22(30)10-14-24-6-3-7-25(32(24)33)15-11-23-13-17-27(21-31(23)37-2)29-9-5-19-35-29/h3,6-7,12-13,16-17,20-21H,4-5,8-11,14-15,18-19H2,1-2H3. The number of halogens is 1. The molecule has 0 saturated carbocycles. The van der Waals surface area contributed by atoms with Crippen LogP contribution in [0.2, 0.25) is 0 Å². The largest absolute Gasteiger partial charge is 0.496 e. The molecule has 2 heterocycles. The van der Waals surface area contributed by atoms with Crippen LogP contribution in [0.25, 0.3) is 0 Å². The van der Waals surface area contributed by atoms with Gasteiger partial charge in [-0.15, -0.1) is 0 Å². The van der Waals surface area contributed by atoms with Crippen LogP contribution in [0.1, 0.15) is 59.1 Å². The number of rotatable bonds is 10. The first-order chi connectivity index (χ1) is 18.2. The van der Waals surface area contributed by atoms with Crippen molar-refractivity contribution in [2.24, 2.45) is 9.98 Å². The van der Waals surface area contributed by atoms with Crippen molar-refractivity contribution in [1.82, 2.24) is 0 Å². The Labute approximate surface area is 219 Å². The average Bonchev–Trinajstić information content (AvgIpc) is 3.67. The molecule has 0 radical (unpaired) electrons. The summed E-state index contributed by atoms with van der Waals surface area (Å²) in [5.41, 5.74) is 8.23. The van der Waals surface area contributed by atoms with Gasteiger partial charge in [0.1, 0.15) is 17.3 Å². The Bertz CT molecular complexity index is 1230. The van der Waals surface area contributed by atoms with E-state index < -0.39 is 0 Å². The first kappa shape index (κ1) is 25.2. The van der Waals surface area contributed by atoms with Crippen molar-refractivity contribution in [3.8, 4) is 11.5 Å². The van der Waals surface area contributed by atoms with Gasteiger partial charge in [-0.1, -0.05) is 42.5 Å². The summed E-state index contributed by atoms with van der Waals surface area (Å²) in [6.45, 7) is 1.81. The number of nitrogens with zero attached hydrogens (tertiary/aromatic N) is 2. The van der Waals surface area contributed by atoms with Crippen molar-refractivity contribution in [2.75, 3.05) is 27.3 Å². The van der Waals surface area contributed by atoms with Gasteiger partial charge in [-0.05, 0) is 96.9 Å². The van der Waals surface area contributed by atoms with Crippen molar-refractivity contribution < 1.29 is 13.9 Å². The normalized spacial score (nSPS) is 15.0. The molecule has 5 heteroatoms. The van der Waals surface area contributed by atoms with E-state index in [1.165, 1.54) is 0 Å². The lowest BCUT2D eigenvalue weighted by atomic mass is 9.96. The number of hydrogen-bond acceptors (Lipinski definition) is 4. The number of aliphatic imine (C=N–C) groups is 2. The topological polar surface area (TPSA) is 43.2 Å². The quantitative estimate of drug-likeness (QED) is 0.317. The predicted molar refractivity (Wildman–Crippen MR) is 148 cm³/mol. The van der Waals surface area contributed by atoms with Gasteiger partial charge >= 0.3 is 0 Å². The van der Waals surface area contributed by atoms with Crippen LogP contribution in [0.15, 0.2) is 64.6 Å². The summed E-state index contributed by atoms with van der Waals surface area (Å²) in [6, 6.07) is 18.3. The highest BCUT2D eigenvalue weighted by atomic mass is 19.1. The summed E-state index contributed by atoms with van der Waals surface area (Å²) in [7, 11) is 3.39. The Kier molecular flexibility index (Phi) is 7.98. The van der Waals surface area contributed by atoms with Crippen molar-refractivity contribution in [1.29, 1.82) is 0 Å². The minimum Gasteiger partial charge on any atom is -0.496 e. The van der Waals surface area contributed by atoms with Crippen molar-refractivity contribution in [3.05, 3.63) is 93.8 Å². The van der Waals surface area contributed by atoms with Gasteiger partial charge in [0, 0.05) is 24.5 Å². The monoisotopic (exact) mass is 498 g/mol. The lowest BCUT2D eigenvalue weighted by Crippen LogP contribution is -2.04. The zero-order valence-corrected chi connectivity index (χ0v) is 21.9. The van der Waals surface area contributed by atoms with Gasteiger partial charge in [0.05, 0.1) is 14.2 Å². The summed E-state index contributed by atoms with van der Waals surface area (Å²) in [5, 5.41) is 0. The van der Waals surface area contributed by atoms with Gasteiger partial charge in [-0.2, -0.15) is 0 Å². The molecule has 37 heavy (non-hydrogen) atoms. The molecule has 0 unspecified atom stereocenters. The minimum absolute atomic E-state index is 0.103. The van der Waals surface area contributed by atoms with E-state index in [0.717, 1.165) is 108 Å². The number of hydrogen-bond donors (Lipinski definition) is 0. The molecule has 0 fully saturated rings. The van der Waals surface area contributed by atoms with Crippen LogP contribution in [-0.4, -0.2) is 38.7 Å². The molecule has 3 aromatic carbocycles. The second kappa shape index (κ2) is 11.7. The summed E-state index contributed by atoms with van der Waals surface area (Å²) < 4.78 is 26.8. The molecule has 0 bridgehead atoms. The maximum atomic E-state index is 15.5. The second-order valence-corrected chi connectivity index (χ2v) is 9.81. The van der Waals surface area contributed by atoms with E-state index in [4.69, 9.17) is 9.47 Å². The zero-order valence-electron chi connectivity index (χ0n) is 21.9. The average molecular weight is 499 g/mol. The lowest BCUT2D eigenvalue weighted by Gasteiger charge is -2.13. The highest BCUT2D eigenvalue weighted by Crippen LogP contribution is 2.27. The number of ether oxygens (including phenoxy) is 2. The fraction of sp³-hybridized carbons (Fsp3) is 0.375. The number of aryl methyl sites for hydroxylation is 4. The van der Waals surface area contributed by atoms with Crippen LogP contribution in [0.3, 0.4) is 0 Å². The van der Waals surface area contributed by atoms with E-state index in [-0.39, 0.29) is 5.82 Å². The smallest absolute Gasteiger partial charge is 0.129 e.